The lowest BCUT2D eigenvalue weighted by molar-refractivity contribution is -0.384. The van der Waals surface area contributed by atoms with Gasteiger partial charge in [-0.1, -0.05) is 29.9 Å². The van der Waals surface area contributed by atoms with Gasteiger partial charge < -0.3 is 5.32 Å². The number of rotatable bonds is 6. The number of nitrogens with one attached hydrogen (secondary N) is 1. The van der Waals surface area contributed by atoms with Crippen LogP contribution in [0.3, 0.4) is 0 Å². The Morgan fingerprint density at radius 2 is 2.19 bits per heavy atom. The summed E-state index contributed by atoms with van der Waals surface area (Å²) in [5.74, 6) is 0. The van der Waals surface area contributed by atoms with Gasteiger partial charge in [-0.2, -0.15) is 0 Å². The van der Waals surface area contributed by atoms with E-state index in [1.165, 1.54) is 23.5 Å². The van der Waals surface area contributed by atoms with Gasteiger partial charge in [-0.25, -0.2) is 0 Å². The summed E-state index contributed by atoms with van der Waals surface area (Å²) < 4.78 is 0. The molecule has 6 nitrogen and oxygen atoms in total. The summed E-state index contributed by atoms with van der Waals surface area (Å²) >= 11 is 7.33. The molecular formula is C13H15ClN4O2S. The van der Waals surface area contributed by atoms with E-state index in [1.807, 2.05) is 6.92 Å². The predicted molar refractivity (Wildman–Crippen MR) is 83.7 cm³/mol. The Kier molecular flexibility index (Phi) is 5.22. The van der Waals surface area contributed by atoms with Gasteiger partial charge in [0.1, 0.15) is 10.0 Å². The minimum Gasteiger partial charge on any atom is -0.308 e. The molecule has 0 aliphatic carbocycles. The minimum absolute atomic E-state index is 0.0496. The molecule has 1 heterocycles. The maximum atomic E-state index is 10.9. The molecule has 0 aliphatic heterocycles. The first-order valence-electron chi connectivity index (χ1n) is 6.53. The van der Waals surface area contributed by atoms with E-state index in [-0.39, 0.29) is 11.7 Å². The number of benzene rings is 1. The third-order valence-electron chi connectivity index (χ3n) is 2.85. The van der Waals surface area contributed by atoms with Crippen LogP contribution < -0.4 is 5.32 Å². The van der Waals surface area contributed by atoms with E-state index in [9.17, 15) is 10.1 Å². The summed E-state index contributed by atoms with van der Waals surface area (Å²) in [5, 5.41) is 24.2. The maximum absolute atomic E-state index is 10.9. The van der Waals surface area contributed by atoms with Crippen LogP contribution in [-0.2, 0) is 0 Å². The van der Waals surface area contributed by atoms with Crippen LogP contribution in [0, 0.1) is 10.1 Å². The molecule has 0 saturated carbocycles. The zero-order valence-electron chi connectivity index (χ0n) is 11.7. The van der Waals surface area contributed by atoms with E-state index in [0.29, 0.717) is 15.6 Å². The highest BCUT2D eigenvalue weighted by molar-refractivity contribution is 7.14. The lowest BCUT2D eigenvalue weighted by Gasteiger charge is -2.08. The second kappa shape index (κ2) is 6.93. The highest BCUT2D eigenvalue weighted by Crippen LogP contribution is 2.31. The highest BCUT2D eigenvalue weighted by Gasteiger charge is 2.16. The van der Waals surface area contributed by atoms with Crippen molar-refractivity contribution in [2.45, 2.75) is 26.3 Å². The fourth-order valence-electron chi connectivity index (χ4n) is 1.78. The Morgan fingerprint density at radius 3 is 2.86 bits per heavy atom. The molecule has 2 rings (SSSR count). The summed E-state index contributed by atoms with van der Waals surface area (Å²) in [4.78, 5) is 10.4. The van der Waals surface area contributed by atoms with Crippen LogP contribution in [0.1, 0.15) is 31.3 Å². The van der Waals surface area contributed by atoms with E-state index in [4.69, 9.17) is 11.6 Å². The SMILES string of the molecule is CCCNC(C)c1nnc(-c2cc(Cl)cc([N+](=O)[O-])c2)s1. The number of halogens is 1. The molecule has 1 unspecified atom stereocenters. The summed E-state index contributed by atoms with van der Waals surface area (Å²) in [6.07, 6.45) is 1.04. The van der Waals surface area contributed by atoms with E-state index >= 15 is 0 Å². The summed E-state index contributed by atoms with van der Waals surface area (Å²) in [7, 11) is 0. The number of hydrogen-bond acceptors (Lipinski definition) is 6. The molecule has 0 radical (unpaired) electrons. The number of aromatic nitrogens is 2. The van der Waals surface area contributed by atoms with Crippen molar-refractivity contribution in [2.24, 2.45) is 0 Å². The number of hydrogen-bond donors (Lipinski definition) is 1. The Morgan fingerprint density at radius 1 is 1.43 bits per heavy atom. The Labute approximate surface area is 131 Å². The van der Waals surface area contributed by atoms with Gasteiger partial charge in [-0.05, 0) is 26.0 Å². The third-order valence-corrected chi connectivity index (χ3v) is 4.23. The fraction of sp³-hybridized carbons (Fsp3) is 0.385. The lowest BCUT2D eigenvalue weighted by atomic mass is 10.2. The smallest absolute Gasteiger partial charge is 0.271 e. The molecule has 112 valence electrons. The Balaban J connectivity index is 2.27. The zero-order valence-corrected chi connectivity index (χ0v) is 13.2. The van der Waals surface area contributed by atoms with Crippen LogP contribution >= 0.6 is 22.9 Å². The standard InChI is InChI=1S/C13H15ClN4O2S/c1-3-4-15-8(2)12-16-17-13(21-12)9-5-10(14)7-11(6-9)18(19)20/h5-8,15H,3-4H2,1-2H3. The molecule has 0 bridgehead atoms. The predicted octanol–water partition coefficient (Wildman–Crippen LogP) is 3.83. The first kappa shape index (κ1) is 15.8. The van der Waals surface area contributed by atoms with Crippen molar-refractivity contribution < 1.29 is 4.92 Å². The van der Waals surface area contributed by atoms with Crippen molar-refractivity contribution in [1.82, 2.24) is 15.5 Å². The van der Waals surface area contributed by atoms with E-state index in [1.54, 1.807) is 6.07 Å². The van der Waals surface area contributed by atoms with Gasteiger partial charge in [0.2, 0.25) is 0 Å². The summed E-state index contributed by atoms with van der Waals surface area (Å²) in [6, 6.07) is 4.53. The van der Waals surface area contributed by atoms with Gasteiger partial charge in [0, 0.05) is 22.7 Å². The largest absolute Gasteiger partial charge is 0.308 e. The molecule has 2 aromatic rings. The first-order chi connectivity index (χ1) is 10.0. The molecule has 0 spiro atoms. The van der Waals surface area contributed by atoms with Gasteiger partial charge in [-0.3, -0.25) is 10.1 Å². The van der Waals surface area contributed by atoms with Gasteiger partial charge >= 0.3 is 0 Å². The second-order valence-corrected chi connectivity index (χ2v) is 6.02. The number of nitro benzene ring substituents is 1. The second-order valence-electron chi connectivity index (χ2n) is 4.58. The average molecular weight is 327 g/mol. The molecule has 1 N–H and O–H groups in total. The van der Waals surface area contributed by atoms with Crippen LogP contribution in [0.15, 0.2) is 18.2 Å². The fourth-order valence-corrected chi connectivity index (χ4v) is 2.86. The molecular weight excluding hydrogens is 312 g/mol. The number of nitro groups is 1. The molecule has 0 saturated heterocycles. The van der Waals surface area contributed by atoms with Gasteiger partial charge in [0.25, 0.3) is 5.69 Å². The highest BCUT2D eigenvalue weighted by atomic mass is 35.5. The number of nitrogens with zero attached hydrogens (tertiary/aromatic N) is 3. The van der Waals surface area contributed by atoms with Crippen molar-refractivity contribution in [1.29, 1.82) is 0 Å². The molecule has 21 heavy (non-hydrogen) atoms. The maximum Gasteiger partial charge on any atom is 0.271 e. The van der Waals surface area contributed by atoms with E-state index < -0.39 is 4.92 Å². The molecule has 1 aromatic carbocycles. The molecule has 1 atom stereocenters. The average Bonchev–Trinajstić information content (AvgIpc) is 2.94. The number of non-ortho nitro benzene ring substituents is 1. The van der Waals surface area contributed by atoms with Crippen LogP contribution in [0.4, 0.5) is 5.69 Å². The molecule has 8 heteroatoms. The van der Waals surface area contributed by atoms with Gasteiger partial charge in [0.05, 0.1) is 11.0 Å². The summed E-state index contributed by atoms with van der Waals surface area (Å²) in [6.45, 7) is 5.01. The van der Waals surface area contributed by atoms with Crippen LogP contribution in [0.2, 0.25) is 5.02 Å². The Hall–Kier alpha value is -1.57. The van der Waals surface area contributed by atoms with Crippen molar-refractivity contribution >= 4 is 28.6 Å². The first-order valence-corrected chi connectivity index (χ1v) is 7.73. The van der Waals surface area contributed by atoms with Crippen molar-refractivity contribution in [2.75, 3.05) is 6.54 Å². The summed E-state index contributed by atoms with van der Waals surface area (Å²) in [5.41, 5.74) is 0.562. The van der Waals surface area contributed by atoms with Crippen LogP contribution in [0.25, 0.3) is 10.6 Å². The zero-order chi connectivity index (χ0) is 15.4. The third kappa shape index (κ3) is 3.96. The minimum atomic E-state index is -0.469. The molecule has 0 amide bonds. The van der Waals surface area contributed by atoms with Crippen molar-refractivity contribution in [3.05, 3.63) is 38.3 Å². The molecule has 1 aromatic heterocycles. The monoisotopic (exact) mass is 326 g/mol. The lowest BCUT2D eigenvalue weighted by Crippen LogP contribution is -2.18. The van der Waals surface area contributed by atoms with E-state index in [0.717, 1.165) is 18.0 Å². The van der Waals surface area contributed by atoms with Crippen molar-refractivity contribution in [3.8, 4) is 10.6 Å². The van der Waals surface area contributed by atoms with Crippen LogP contribution in [0.5, 0.6) is 0 Å². The normalized spacial score (nSPS) is 12.3. The van der Waals surface area contributed by atoms with Crippen LogP contribution in [-0.4, -0.2) is 21.7 Å². The topological polar surface area (TPSA) is 81.0 Å². The van der Waals surface area contributed by atoms with Crippen molar-refractivity contribution in [3.63, 3.8) is 0 Å². The quantitative estimate of drug-likeness (QED) is 0.644. The Bertz CT molecular complexity index is 647. The van der Waals surface area contributed by atoms with Gasteiger partial charge in [-0.15, -0.1) is 10.2 Å². The molecule has 0 fully saturated rings. The molecule has 0 aliphatic rings. The van der Waals surface area contributed by atoms with E-state index in [2.05, 4.69) is 22.4 Å². The van der Waals surface area contributed by atoms with Gasteiger partial charge in [0.15, 0.2) is 0 Å².